The van der Waals surface area contributed by atoms with Crippen molar-refractivity contribution in [3.05, 3.63) is 101 Å². The number of nitrogens with one attached hydrogen (secondary N) is 2. The van der Waals surface area contributed by atoms with Gasteiger partial charge in [-0.2, -0.15) is 0 Å². The largest absolute Gasteiger partial charge is 0.465 e. The van der Waals surface area contributed by atoms with Gasteiger partial charge in [-0.25, -0.2) is 4.79 Å². The van der Waals surface area contributed by atoms with Crippen LogP contribution in [0.15, 0.2) is 78.9 Å². The highest BCUT2D eigenvalue weighted by molar-refractivity contribution is 5.91. The number of amides is 2. The van der Waals surface area contributed by atoms with Crippen molar-refractivity contribution in [2.24, 2.45) is 5.92 Å². The van der Waals surface area contributed by atoms with Crippen LogP contribution >= 0.6 is 0 Å². The minimum absolute atomic E-state index is 0.0207. The Bertz CT molecular complexity index is 1270. The smallest absolute Gasteiger partial charge is 0.325 e. The molecule has 4 rings (SSSR count). The highest BCUT2D eigenvalue weighted by atomic mass is 16.7. The number of urea groups is 1. The number of anilines is 1. The van der Waals surface area contributed by atoms with E-state index >= 15 is 0 Å². The molecule has 2 amide bonds. The lowest BCUT2D eigenvalue weighted by molar-refractivity contribution is -0.276. The number of carbonyl (C=O) groups is 2. The summed E-state index contributed by atoms with van der Waals surface area (Å²) in [6.07, 6.45) is -1.07. The third-order valence-electron chi connectivity index (χ3n) is 7.03. The average molecular weight is 562 g/mol. The summed E-state index contributed by atoms with van der Waals surface area (Å²) in [5.74, 6) is -0.463. The van der Waals surface area contributed by atoms with Crippen LogP contribution < -0.4 is 10.6 Å². The number of benzene rings is 3. The Kier molecular flexibility index (Phi) is 10.9. The minimum atomic E-state index is -0.673. The van der Waals surface area contributed by atoms with Gasteiger partial charge in [-0.15, -0.1) is 0 Å². The molecule has 41 heavy (non-hydrogen) atoms. The molecule has 3 aromatic rings. The number of hydrogen-bond acceptors (Lipinski definition) is 7. The van der Waals surface area contributed by atoms with E-state index in [2.05, 4.69) is 41.6 Å². The van der Waals surface area contributed by atoms with Crippen LogP contribution in [0.3, 0.4) is 0 Å². The molecule has 0 aromatic heterocycles. The summed E-state index contributed by atoms with van der Waals surface area (Å²) in [5, 5.41) is 14.8. The monoisotopic (exact) mass is 561 g/mol. The van der Waals surface area contributed by atoms with Crippen LogP contribution in [0.2, 0.25) is 0 Å². The van der Waals surface area contributed by atoms with Crippen molar-refractivity contribution in [3.8, 4) is 0 Å². The zero-order valence-electron chi connectivity index (χ0n) is 23.8. The molecule has 0 saturated carbocycles. The van der Waals surface area contributed by atoms with Gasteiger partial charge in [0.25, 0.3) is 0 Å². The van der Waals surface area contributed by atoms with Crippen LogP contribution in [0, 0.1) is 5.92 Å². The topological polar surface area (TPSA) is 109 Å². The Balaban J connectivity index is 1.51. The van der Waals surface area contributed by atoms with Crippen molar-refractivity contribution in [1.82, 2.24) is 10.2 Å². The van der Waals surface area contributed by atoms with Crippen LogP contribution in [-0.4, -0.2) is 54.9 Å². The predicted octanol–water partition coefficient (Wildman–Crippen LogP) is 4.79. The van der Waals surface area contributed by atoms with Gasteiger partial charge in [-0.05, 0) is 42.8 Å². The van der Waals surface area contributed by atoms with Gasteiger partial charge in [0.2, 0.25) is 0 Å². The summed E-state index contributed by atoms with van der Waals surface area (Å²) < 4.78 is 18.0. The molecule has 0 unspecified atom stereocenters. The Morgan fingerprint density at radius 1 is 0.951 bits per heavy atom. The van der Waals surface area contributed by atoms with E-state index in [4.69, 9.17) is 14.2 Å². The van der Waals surface area contributed by atoms with Crippen molar-refractivity contribution in [2.75, 3.05) is 32.1 Å². The third-order valence-corrected chi connectivity index (χ3v) is 7.03. The summed E-state index contributed by atoms with van der Waals surface area (Å²) in [7, 11) is 2.08. The first-order valence-corrected chi connectivity index (χ1v) is 13.9. The molecular formula is C32H39N3O6. The second-order valence-electron chi connectivity index (χ2n) is 10.2. The normalized spacial score (nSPS) is 20.4. The van der Waals surface area contributed by atoms with Gasteiger partial charge in [0.15, 0.2) is 6.29 Å². The number of nitrogens with zero attached hydrogens (tertiary/aromatic N) is 1. The number of esters is 1. The number of aliphatic hydroxyl groups excluding tert-OH is 1. The number of rotatable bonds is 11. The lowest BCUT2D eigenvalue weighted by Gasteiger charge is -2.42. The molecule has 1 saturated heterocycles. The van der Waals surface area contributed by atoms with Crippen molar-refractivity contribution in [1.29, 1.82) is 0 Å². The lowest BCUT2D eigenvalue weighted by atomic mass is 9.90. The number of hydrogen-bond donors (Lipinski definition) is 3. The first-order chi connectivity index (χ1) is 19.9. The average Bonchev–Trinajstić information content (AvgIpc) is 2.98. The summed E-state index contributed by atoms with van der Waals surface area (Å²) in [6.45, 7) is 5.33. The Morgan fingerprint density at radius 2 is 1.71 bits per heavy atom. The van der Waals surface area contributed by atoms with Gasteiger partial charge in [0.1, 0.15) is 6.54 Å². The predicted molar refractivity (Wildman–Crippen MR) is 156 cm³/mol. The summed E-state index contributed by atoms with van der Waals surface area (Å²) in [4.78, 5) is 26.2. The molecule has 1 fully saturated rings. The van der Waals surface area contributed by atoms with Gasteiger partial charge in [0.05, 0.1) is 25.4 Å². The molecule has 9 heteroatoms. The van der Waals surface area contributed by atoms with Gasteiger partial charge in [0, 0.05) is 30.3 Å². The van der Waals surface area contributed by atoms with Crippen molar-refractivity contribution >= 4 is 17.7 Å². The van der Waals surface area contributed by atoms with Crippen LogP contribution in [0.1, 0.15) is 48.5 Å². The third kappa shape index (κ3) is 8.61. The Morgan fingerprint density at radius 3 is 2.41 bits per heavy atom. The fourth-order valence-corrected chi connectivity index (χ4v) is 4.90. The van der Waals surface area contributed by atoms with E-state index in [0.29, 0.717) is 12.2 Å². The van der Waals surface area contributed by atoms with Gasteiger partial charge in [-0.3, -0.25) is 9.69 Å². The van der Waals surface area contributed by atoms with E-state index in [9.17, 15) is 14.7 Å². The number of likely N-dealkylation sites (N-methyl/N-ethyl adjacent to an activating group) is 1. The van der Waals surface area contributed by atoms with Crippen molar-refractivity contribution in [3.63, 3.8) is 0 Å². The summed E-state index contributed by atoms with van der Waals surface area (Å²) >= 11 is 0. The van der Waals surface area contributed by atoms with Crippen LogP contribution in [0.5, 0.6) is 0 Å². The molecule has 1 aliphatic heterocycles. The SMILES string of the molecule is CCOC(=O)CNC(=O)Nc1cccc([C@@H]2O[C@H](CN(C)Cc3ccccc3)[C@H](C)[C@H](c3ccc(CO)cc3)O2)c1. The maximum Gasteiger partial charge on any atom is 0.325 e. The van der Waals surface area contributed by atoms with E-state index in [0.717, 1.165) is 23.2 Å². The molecule has 3 N–H and O–H groups in total. The van der Waals surface area contributed by atoms with E-state index in [1.54, 1.807) is 19.1 Å². The zero-order chi connectivity index (χ0) is 29.2. The maximum atomic E-state index is 12.3. The number of aliphatic hydroxyl groups is 1. The molecule has 9 nitrogen and oxygen atoms in total. The lowest BCUT2D eigenvalue weighted by Crippen LogP contribution is -2.43. The Hall–Kier alpha value is -3.76. The summed E-state index contributed by atoms with van der Waals surface area (Å²) in [5.41, 5.74) is 4.36. The molecule has 0 radical (unpaired) electrons. The first-order valence-electron chi connectivity index (χ1n) is 13.9. The van der Waals surface area contributed by atoms with Crippen molar-refractivity contribution in [2.45, 2.75) is 45.5 Å². The van der Waals surface area contributed by atoms with Gasteiger partial charge >= 0.3 is 12.0 Å². The fraction of sp³-hybridized carbons (Fsp3) is 0.375. The molecule has 1 heterocycles. The second-order valence-corrected chi connectivity index (χ2v) is 10.2. The number of carbonyl (C=O) groups excluding carboxylic acids is 2. The fourth-order valence-electron chi connectivity index (χ4n) is 4.90. The van der Waals surface area contributed by atoms with Crippen molar-refractivity contribution < 1.29 is 28.9 Å². The standard InChI is InChI=1S/C32H39N3O6/c1-4-39-29(37)18-33-32(38)34-27-12-8-11-26(17-27)31-40-28(20-35(3)19-23-9-6-5-7-10-23)22(2)30(41-31)25-15-13-24(21-36)14-16-25/h5-17,22,28,30-31,36H,4,18-21H2,1-3H3,(H2,33,34,38)/t22-,28+,30+,31+/m0/s1. The van der Waals surface area contributed by atoms with E-state index in [1.807, 2.05) is 54.6 Å². The highest BCUT2D eigenvalue weighted by Crippen LogP contribution is 2.42. The molecule has 0 bridgehead atoms. The van der Waals surface area contributed by atoms with E-state index < -0.39 is 18.3 Å². The van der Waals surface area contributed by atoms with Gasteiger partial charge < -0.3 is 30.0 Å². The van der Waals surface area contributed by atoms with Crippen LogP contribution in [-0.2, 0) is 32.2 Å². The number of ether oxygens (including phenoxy) is 3. The van der Waals surface area contributed by atoms with Crippen LogP contribution in [0.4, 0.5) is 10.5 Å². The maximum absolute atomic E-state index is 12.3. The molecule has 218 valence electrons. The molecule has 4 atom stereocenters. The molecule has 3 aromatic carbocycles. The van der Waals surface area contributed by atoms with Crippen LogP contribution in [0.25, 0.3) is 0 Å². The second kappa shape index (κ2) is 14.7. The Labute approximate surface area is 241 Å². The quantitative estimate of drug-likeness (QED) is 0.289. The molecule has 1 aliphatic rings. The van der Waals surface area contributed by atoms with E-state index in [-0.39, 0.29) is 37.9 Å². The van der Waals surface area contributed by atoms with E-state index in [1.165, 1.54) is 5.56 Å². The highest BCUT2D eigenvalue weighted by Gasteiger charge is 2.38. The molecular weight excluding hydrogens is 522 g/mol. The van der Waals surface area contributed by atoms with Gasteiger partial charge in [-0.1, -0.05) is 73.7 Å². The first kappa shape index (κ1) is 30.2. The summed E-state index contributed by atoms with van der Waals surface area (Å²) in [6, 6.07) is 24.9. The minimum Gasteiger partial charge on any atom is -0.465 e. The molecule has 0 spiro atoms. The zero-order valence-corrected chi connectivity index (χ0v) is 23.8. The molecule has 0 aliphatic carbocycles.